The summed E-state index contributed by atoms with van der Waals surface area (Å²) in [4.78, 5) is 4.39. The van der Waals surface area contributed by atoms with E-state index in [4.69, 9.17) is 48.9 Å². The van der Waals surface area contributed by atoms with Crippen LogP contribution in [-0.2, 0) is 0 Å². The van der Waals surface area contributed by atoms with Gasteiger partial charge in [0.15, 0.2) is 18.9 Å². The number of hydrogen-bond acceptors (Lipinski definition) is 8. The van der Waals surface area contributed by atoms with E-state index in [0.29, 0.717) is 8.64 Å². The second kappa shape index (κ2) is 13.2. The summed E-state index contributed by atoms with van der Waals surface area (Å²) in [7, 11) is 6.13. The molecule has 12 heteroatoms. The van der Waals surface area contributed by atoms with Crippen LogP contribution in [-0.4, -0.2) is 54.8 Å². The van der Waals surface area contributed by atoms with Crippen LogP contribution in [0.25, 0.3) is 0 Å². The average Bonchev–Trinajstić information content (AvgIpc) is 2.66. The van der Waals surface area contributed by atoms with Crippen molar-refractivity contribution in [2.45, 2.75) is 38.5 Å². The van der Waals surface area contributed by atoms with Crippen LogP contribution in [0.3, 0.4) is 0 Å². The average molecular weight is 503 g/mol. The molecule has 2 aliphatic heterocycles. The molecule has 0 aliphatic carbocycles. The molecule has 0 spiro atoms. The number of likely N-dealkylation sites (tertiary alicyclic amines) is 2. The molecule has 0 aromatic heterocycles. The summed E-state index contributed by atoms with van der Waals surface area (Å²) in [5.41, 5.74) is 0. The Kier molecular flexibility index (Phi) is 11.8. The van der Waals surface area contributed by atoms with Crippen LogP contribution in [0.4, 0.5) is 0 Å². The minimum Gasteiger partial charge on any atom is -0.349 e. The molecule has 0 amide bonds. The van der Waals surface area contributed by atoms with Gasteiger partial charge in [-0.2, -0.15) is 0 Å². The van der Waals surface area contributed by atoms with E-state index in [-0.39, 0.29) is 0 Å². The van der Waals surface area contributed by atoms with E-state index >= 15 is 0 Å². The zero-order chi connectivity index (χ0) is 18.8. The lowest BCUT2D eigenvalue weighted by atomic mass is 10.1. The molecule has 0 atom stereocenters. The number of nitrogens with zero attached hydrogens (tertiary/aromatic N) is 2. The van der Waals surface area contributed by atoms with Gasteiger partial charge in [0.1, 0.15) is 0 Å². The van der Waals surface area contributed by atoms with Gasteiger partial charge in [-0.1, -0.05) is 24.4 Å². The van der Waals surface area contributed by atoms with Crippen molar-refractivity contribution in [1.29, 1.82) is 0 Å². The van der Waals surface area contributed by atoms with Crippen LogP contribution >= 0.6 is 90.1 Å². The maximum absolute atomic E-state index is 5.42. The molecule has 0 radical (unpaired) electrons. The maximum Gasteiger partial charge on any atom is 0.174 e. The van der Waals surface area contributed by atoms with Gasteiger partial charge in [0, 0.05) is 26.2 Å². The van der Waals surface area contributed by atoms with Crippen molar-refractivity contribution >= 4 is 109 Å². The molecule has 2 fully saturated rings. The Morgan fingerprint density at radius 3 is 1.27 bits per heavy atom. The molecule has 2 N–H and O–H groups in total. The quantitative estimate of drug-likeness (QED) is 0.311. The van der Waals surface area contributed by atoms with Gasteiger partial charge in [0.05, 0.1) is 0 Å². The Hall–Kier alpha value is 0.960. The predicted octanol–water partition coefficient (Wildman–Crippen LogP) is 4.95. The first-order valence-electron chi connectivity index (χ1n) is 8.44. The van der Waals surface area contributed by atoms with Crippen molar-refractivity contribution in [3.63, 3.8) is 0 Å². The molecule has 2 heterocycles. The minimum atomic E-state index is 0.682. The highest BCUT2D eigenvalue weighted by atomic mass is 33.7. The van der Waals surface area contributed by atoms with Gasteiger partial charge in [0.25, 0.3) is 0 Å². The molecule has 2 saturated heterocycles. The van der Waals surface area contributed by atoms with Crippen molar-refractivity contribution in [3.8, 4) is 0 Å². The second-order valence-electron chi connectivity index (χ2n) is 5.83. The molecule has 0 unspecified atom stereocenters. The van der Waals surface area contributed by atoms with Crippen LogP contribution < -0.4 is 10.6 Å². The van der Waals surface area contributed by atoms with Crippen molar-refractivity contribution in [1.82, 2.24) is 20.4 Å². The van der Waals surface area contributed by atoms with E-state index in [2.05, 4.69) is 20.4 Å². The summed E-state index contributed by atoms with van der Waals surface area (Å²) >= 11 is 21.6. The summed E-state index contributed by atoms with van der Waals surface area (Å²) in [6.07, 6.45) is 7.38. The molecule has 2 aliphatic rings. The van der Waals surface area contributed by atoms with Crippen LogP contribution in [0, 0.1) is 0 Å². The SMILES string of the molecule is S=C(NC(=S)N1CCCCC1)SSSSC(=S)NC(=S)N1CCCCC1. The van der Waals surface area contributed by atoms with Crippen molar-refractivity contribution in [2.24, 2.45) is 0 Å². The van der Waals surface area contributed by atoms with Crippen molar-refractivity contribution in [2.75, 3.05) is 26.2 Å². The maximum atomic E-state index is 5.42. The lowest BCUT2D eigenvalue weighted by Crippen LogP contribution is -2.43. The third-order valence-corrected chi connectivity index (χ3v) is 11.5. The molecular weight excluding hydrogens is 481 g/mol. The van der Waals surface area contributed by atoms with Crippen molar-refractivity contribution in [3.05, 3.63) is 0 Å². The fourth-order valence-corrected chi connectivity index (χ4v) is 9.53. The van der Waals surface area contributed by atoms with Gasteiger partial charge in [-0.15, -0.1) is 0 Å². The van der Waals surface area contributed by atoms with E-state index in [1.165, 1.54) is 60.1 Å². The Morgan fingerprint density at radius 1 is 0.577 bits per heavy atom. The Morgan fingerprint density at radius 2 is 0.923 bits per heavy atom. The first-order chi connectivity index (χ1) is 12.6. The van der Waals surface area contributed by atoms with Gasteiger partial charge < -0.3 is 20.4 Å². The molecular formula is C14H22N4S8. The van der Waals surface area contributed by atoms with Crippen LogP contribution in [0.2, 0.25) is 0 Å². The van der Waals surface area contributed by atoms with Crippen LogP contribution in [0.15, 0.2) is 0 Å². The van der Waals surface area contributed by atoms with E-state index in [1.54, 1.807) is 19.7 Å². The van der Waals surface area contributed by atoms with Gasteiger partial charge in [-0.05, 0) is 104 Å². The molecule has 0 aromatic rings. The first kappa shape index (κ1) is 23.2. The summed E-state index contributed by atoms with van der Waals surface area (Å²) in [5, 5.41) is 7.77. The van der Waals surface area contributed by atoms with Crippen LogP contribution in [0.5, 0.6) is 0 Å². The smallest absolute Gasteiger partial charge is 0.174 e. The zero-order valence-electron chi connectivity index (χ0n) is 14.2. The summed E-state index contributed by atoms with van der Waals surface area (Å²) in [6.45, 7) is 4.09. The Labute approximate surface area is 192 Å². The largest absolute Gasteiger partial charge is 0.349 e. The number of piperidine rings is 2. The van der Waals surface area contributed by atoms with Gasteiger partial charge in [-0.3, -0.25) is 0 Å². The lowest BCUT2D eigenvalue weighted by molar-refractivity contribution is 0.342. The van der Waals surface area contributed by atoms with E-state index in [1.807, 2.05) is 0 Å². The van der Waals surface area contributed by atoms with Gasteiger partial charge in [-0.25, -0.2) is 0 Å². The molecule has 146 valence electrons. The molecule has 2 rings (SSSR count). The Balaban J connectivity index is 1.54. The molecule has 0 saturated carbocycles. The zero-order valence-corrected chi connectivity index (χ0v) is 20.8. The van der Waals surface area contributed by atoms with E-state index < -0.39 is 0 Å². The van der Waals surface area contributed by atoms with Crippen LogP contribution in [0.1, 0.15) is 38.5 Å². The minimum absolute atomic E-state index is 0.682. The van der Waals surface area contributed by atoms with E-state index in [9.17, 15) is 0 Å². The monoisotopic (exact) mass is 502 g/mol. The second-order valence-corrected chi connectivity index (χ2v) is 13.6. The molecule has 0 aromatic carbocycles. The van der Waals surface area contributed by atoms with Crippen molar-refractivity contribution < 1.29 is 0 Å². The summed E-state index contributed by atoms with van der Waals surface area (Å²) in [5.74, 6) is 0. The van der Waals surface area contributed by atoms with Gasteiger partial charge in [0.2, 0.25) is 0 Å². The third kappa shape index (κ3) is 8.97. The summed E-state index contributed by atoms with van der Waals surface area (Å²) in [6, 6.07) is 0. The molecule has 26 heavy (non-hydrogen) atoms. The molecule has 4 nitrogen and oxygen atoms in total. The highest BCUT2D eigenvalue weighted by molar-refractivity contribution is 9.29. The Bertz CT molecular complexity index is 471. The topological polar surface area (TPSA) is 30.5 Å². The predicted molar refractivity (Wildman–Crippen MR) is 138 cm³/mol. The summed E-state index contributed by atoms with van der Waals surface area (Å²) < 4.78 is 1.36. The highest BCUT2D eigenvalue weighted by Gasteiger charge is 2.16. The fourth-order valence-electron chi connectivity index (χ4n) is 2.66. The third-order valence-electron chi connectivity index (χ3n) is 3.95. The highest BCUT2D eigenvalue weighted by Crippen LogP contribution is 2.43. The number of thiocarbonyl (C=S) groups is 4. The standard InChI is InChI=1S/C14H22N4S8/c19-11(17-7-3-1-4-8-17)15-13(21)23-25-26-24-14(22)16-12(20)18-9-5-2-6-10-18/h1-10H2,(H,15,19,21)(H,16,20,22). The van der Waals surface area contributed by atoms with Gasteiger partial charge >= 0.3 is 0 Å². The number of rotatable bonds is 3. The number of hydrogen-bond donors (Lipinski definition) is 2. The number of nitrogens with one attached hydrogen (secondary N) is 2. The lowest BCUT2D eigenvalue weighted by Gasteiger charge is -2.29. The fraction of sp³-hybridized carbons (Fsp3) is 0.714. The normalized spacial score (nSPS) is 17.5. The molecule has 0 bridgehead atoms. The first-order valence-corrected chi connectivity index (χ1v) is 14.9. The van der Waals surface area contributed by atoms with E-state index in [0.717, 1.165) is 36.4 Å².